The zero-order valence-corrected chi connectivity index (χ0v) is 9.37. The second-order valence-corrected chi connectivity index (χ2v) is 4.60. The largest absolute Gasteiger partial charge is 0.481 e. The minimum absolute atomic E-state index is 0.134. The molecule has 0 aromatic carbocycles. The molecule has 0 heterocycles. The van der Waals surface area contributed by atoms with Gasteiger partial charge in [0.1, 0.15) is 5.78 Å². The van der Waals surface area contributed by atoms with Gasteiger partial charge in [-0.3, -0.25) is 9.59 Å². The minimum atomic E-state index is -0.864. The second-order valence-electron chi connectivity index (χ2n) is 4.60. The van der Waals surface area contributed by atoms with E-state index < -0.39 is 11.9 Å². The lowest BCUT2D eigenvalue weighted by molar-refractivity contribution is -0.143. The zero-order chi connectivity index (χ0) is 11.3. The Bertz CT molecular complexity index is 227. The average Bonchev–Trinajstić information content (AvgIpc) is 2.45. The Balaban J connectivity index is 2.41. The summed E-state index contributed by atoms with van der Waals surface area (Å²) in [7, 11) is 0. The molecule has 0 aromatic heterocycles. The number of carboxylic acids is 1. The quantitative estimate of drug-likeness (QED) is 0.729. The van der Waals surface area contributed by atoms with Crippen molar-refractivity contribution in [2.24, 2.45) is 11.8 Å². The van der Waals surface area contributed by atoms with Crippen LogP contribution < -0.4 is 0 Å². The van der Waals surface area contributed by atoms with Crippen LogP contribution in [0.15, 0.2) is 0 Å². The van der Waals surface area contributed by atoms with Crippen LogP contribution in [0.3, 0.4) is 0 Å². The van der Waals surface area contributed by atoms with Gasteiger partial charge in [-0.2, -0.15) is 0 Å². The van der Waals surface area contributed by atoms with Crippen molar-refractivity contribution in [3.8, 4) is 0 Å². The Labute approximate surface area is 90.9 Å². The number of hydrogen-bond donors (Lipinski definition) is 1. The fraction of sp³-hybridized carbons (Fsp3) is 0.833. The molecule has 0 amide bonds. The number of carbonyl (C=O) groups is 2. The first kappa shape index (κ1) is 12.2. The van der Waals surface area contributed by atoms with Gasteiger partial charge < -0.3 is 5.11 Å². The van der Waals surface area contributed by atoms with Crippen LogP contribution in [0.25, 0.3) is 0 Å². The molecule has 1 rings (SSSR count). The van der Waals surface area contributed by atoms with Crippen LogP contribution in [0.1, 0.15) is 51.9 Å². The van der Waals surface area contributed by atoms with Crippen molar-refractivity contribution in [3.05, 3.63) is 0 Å². The normalized spacial score (nSPS) is 20.6. The monoisotopic (exact) mass is 212 g/mol. The molecule has 1 fully saturated rings. The van der Waals surface area contributed by atoms with Crippen molar-refractivity contribution in [1.29, 1.82) is 0 Å². The van der Waals surface area contributed by atoms with Crippen molar-refractivity contribution in [1.82, 2.24) is 0 Å². The Morgan fingerprint density at radius 2 is 1.73 bits per heavy atom. The number of carboxylic acid groups (broad SMARTS) is 1. The highest BCUT2D eigenvalue weighted by atomic mass is 16.4. The van der Waals surface area contributed by atoms with Crippen molar-refractivity contribution >= 4 is 11.8 Å². The number of carbonyl (C=O) groups excluding carboxylic acids is 1. The molecule has 3 heteroatoms. The first-order valence-corrected chi connectivity index (χ1v) is 5.86. The van der Waals surface area contributed by atoms with Gasteiger partial charge in [-0.25, -0.2) is 0 Å². The van der Waals surface area contributed by atoms with E-state index in [1.165, 1.54) is 12.8 Å². The molecule has 1 aliphatic carbocycles. The second kappa shape index (κ2) is 5.89. The summed E-state index contributed by atoms with van der Waals surface area (Å²) in [5.41, 5.74) is 0. The summed E-state index contributed by atoms with van der Waals surface area (Å²) in [6, 6.07) is 0. The average molecular weight is 212 g/mol. The molecular formula is C12H20O3. The SMILES string of the molecule is CC(CC(=O)C1CCCCCC1)C(=O)O. The number of Topliss-reactive ketones (excluding diaryl/α,β-unsaturated/α-hetero) is 1. The van der Waals surface area contributed by atoms with Crippen LogP contribution in [0, 0.1) is 11.8 Å². The lowest BCUT2D eigenvalue weighted by Crippen LogP contribution is -2.20. The van der Waals surface area contributed by atoms with Crippen LogP contribution in [0.4, 0.5) is 0 Å². The highest BCUT2D eigenvalue weighted by Crippen LogP contribution is 2.25. The van der Waals surface area contributed by atoms with Crippen LogP contribution in [-0.4, -0.2) is 16.9 Å². The van der Waals surface area contributed by atoms with Crippen LogP contribution >= 0.6 is 0 Å². The van der Waals surface area contributed by atoms with E-state index in [2.05, 4.69) is 0 Å². The molecule has 0 aliphatic heterocycles. The highest BCUT2D eigenvalue weighted by molar-refractivity contribution is 5.85. The molecule has 0 spiro atoms. The van der Waals surface area contributed by atoms with E-state index in [1.54, 1.807) is 6.92 Å². The summed E-state index contributed by atoms with van der Waals surface area (Å²) in [4.78, 5) is 22.4. The van der Waals surface area contributed by atoms with Gasteiger partial charge in [0.2, 0.25) is 0 Å². The van der Waals surface area contributed by atoms with Crippen LogP contribution in [0.5, 0.6) is 0 Å². The molecule has 1 aliphatic rings. The Morgan fingerprint density at radius 1 is 1.20 bits per heavy atom. The molecule has 1 atom stereocenters. The molecule has 1 unspecified atom stereocenters. The Morgan fingerprint density at radius 3 is 2.20 bits per heavy atom. The summed E-state index contributed by atoms with van der Waals surface area (Å²) in [6.07, 6.45) is 6.82. The summed E-state index contributed by atoms with van der Waals surface area (Å²) in [6.45, 7) is 1.61. The molecule has 0 aromatic rings. The third kappa shape index (κ3) is 4.02. The van der Waals surface area contributed by atoms with Crippen LogP contribution in [0.2, 0.25) is 0 Å². The molecule has 0 bridgehead atoms. The van der Waals surface area contributed by atoms with E-state index in [0.717, 1.165) is 25.7 Å². The van der Waals surface area contributed by atoms with Gasteiger partial charge in [0.05, 0.1) is 5.92 Å². The first-order valence-electron chi connectivity index (χ1n) is 5.86. The maximum atomic E-state index is 11.8. The van der Waals surface area contributed by atoms with Gasteiger partial charge in [0.15, 0.2) is 0 Å². The van der Waals surface area contributed by atoms with Crippen molar-refractivity contribution in [2.75, 3.05) is 0 Å². The summed E-state index contributed by atoms with van der Waals surface area (Å²) in [5, 5.41) is 8.73. The minimum Gasteiger partial charge on any atom is -0.481 e. The van der Waals surface area contributed by atoms with E-state index in [1.807, 2.05) is 0 Å². The van der Waals surface area contributed by atoms with Gasteiger partial charge >= 0.3 is 5.97 Å². The van der Waals surface area contributed by atoms with E-state index in [4.69, 9.17) is 5.11 Å². The number of ketones is 1. The zero-order valence-electron chi connectivity index (χ0n) is 9.37. The summed E-state index contributed by atoms with van der Waals surface area (Å²) >= 11 is 0. The van der Waals surface area contributed by atoms with Gasteiger partial charge in [-0.05, 0) is 12.8 Å². The molecule has 1 N–H and O–H groups in total. The first-order chi connectivity index (χ1) is 7.11. The van der Waals surface area contributed by atoms with Gasteiger partial charge in [-0.15, -0.1) is 0 Å². The molecule has 1 saturated carbocycles. The van der Waals surface area contributed by atoms with Gasteiger partial charge in [-0.1, -0.05) is 32.6 Å². The van der Waals surface area contributed by atoms with E-state index in [9.17, 15) is 9.59 Å². The highest BCUT2D eigenvalue weighted by Gasteiger charge is 2.23. The number of rotatable bonds is 4. The topological polar surface area (TPSA) is 54.4 Å². The fourth-order valence-electron chi connectivity index (χ4n) is 2.16. The van der Waals surface area contributed by atoms with E-state index in [0.29, 0.717) is 0 Å². The van der Waals surface area contributed by atoms with Crippen molar-refractivity contribution in [2.45, 2.75) is 51.9 Å². The smallest absolute Gasteiger partial charge is 0.306 e. The maximum Gasteiger partial charge on any atom is 0.306 e. The Hall–Kier alpha value is -0.860. The number of aliphatic carboxylic acids is 1. The third-order valence-electron chi connectivity index (χ3n) is 3.24. The predicted molar refractivity (Wildman–Crippen MR) is 57.6 cm³/mol. The summed E-state index contributed by atoms with van der Waals surface area (Å²) < 4.78 is 0. The Kier molecular flexibility index (Phi) is 4.79. The molecular weight excluding hydrogens is 192 g/mol. The van der Waals surface area contributed by atoms with Gasteiger partial charge in [0, 0.05) is 12.3 Å². The lowest BCUT2D eigenvalue weighted by atomic mass is 9.90. The molecule has 86 valence electrons. The lowest BCUT2D eigenvalue weighted by Gasteiger charge is -2.14. The van der Waals surface area contributed by atoms with Crippen LogP contribution in [-0.2, 0) is 9.59 Å². The molecule has 0 saturated heterocycles. The predicted octanol–water partition coefficient (Wildman–Crippen LogP) is 2.64. The maximum absolute atomic E-state index is 11.8. The van der Waals surface area contributed by atoms with E-state index in [-0.39, 0.29) is 18.1 Å². The standard InChI is InChI=1S/C12H20O3/c1-9(12(14)15)8-11(13)10-6-4-2-3-5-7-10/h9-10H,2-8H2,1H3,(H,14,15). The van der Waals surface area contributed by atoms with E-state index >= 15 is 0 Å². The summed E-state index contributed by atoms with van der Waals surface area (Å²) in [5.74, 6) is -1.10. The molecule has 0 radical (unpaired) electrons. The van der Waals surface area contributed by atoms with Crippen molar-refractivity contribution < 1.29 is 14.7 Å². The molecule has 3 nitrogen and oxygen atoms in total. The fourth-order valence-corrected chi connectivity index (χ4v) is 2.16. The van der Waals surface area contributed by atoms with Crippen molar-refractivity contribution in [3.63, 3.8) is 0 Å². The van der Waals surface area contributed by atoms with Gasteiger partial charge in [0.25, 0.3) is 0 Å². The molecule has 15 heavy (non-hydrogen) atoms. The number of hydrogen-bond acceptors (Lipinski definition) is 2. The third-order valence-corrected chi connectivity index (χ3v) is 3.24.